The number of quaternary nitrogens is 1. The molecule has 0 aromatic heterocycles. The summed E-state index contributed by atoms with van der Waals surface area (Å²) >= 11 is 0. The number of benzene rings is 1. The minimum Gasteiger partial charge on any atom is -0.477 e. The molecule has 1 amide bonds. The fourth-order valence-corrected chi connectivity index (χ4v) is 3.94. The van der Waals surface area contributed by atoms with Gasteiger partial charge in [-0.2, -0.15) is 0 Å². The predicted octanol–water partition coefficient (Wildman–Crippen LogP) is 4.73. The van der Waals surface area contributed by atoms with Crippen LogP contribution in [0, 0.1) is 11.3 Å². The molecule has 2 N–H and O–H groups in total. The van der Waals surface area contributed by atoms with Crippen LogP contribution in [0.5, 0.6) is 0 Å². The zero-order chi connectivity index (χ0) is 22.2. The van der Waals surface area contributed by atoms with Gasteiger partial charge in [0.05, 0.1) is 20.6 Å². The summed E-state index contributed by atoms with van der Waals surface area (Å²) in [6.07, 6.45) is 8.75. The Balaban J connectivity index is 1.59. The third kappa shape index (κ3) is 8.31. The molecular weight excluding hydrogens is 376 g/mol. The summed E-state index contributed by atoms with van der Waals surface area (Å²) in [5.41, 5.74) is 1.41. The number of aliphatic carboxylic acids is 1. The lowest BCUT2D eigenvalue weighted by atomic mass is 10.1. The maximum Gasteiger partial charge on any atom is 0.352 e. The average molecular weight is 416 g/mol. The third-order valence-electron chi connectivity index (χ3n) is 6.09. The highest BCUT2D eigenvalue weighted by Gasteiger charge is 2.50. The zero-order valence-electron chi connectivity index (χ0n) is 19.1. The first-order chi connectivity index (χ1) is 14.1. The summed E-state index contributed by atoms with van der Waals surface area (Å²) < 4.78 is 0.992. The Hall–Kier alpha value is -2.14. The van der Waals surface area contributed by atoms with Crippen molar-refractivity contribution in [2.24, 2.45) is 11.3 Å². The number of unbranched alkanes of at least 4 members (excludes halogenated alkanes) is 5. The van der Waals surface area contributed by atoms with E-state index in [0.29, 0.717) is 6.42 Å². The van der Waals surface area contributed by atoms with E-state index >= 15 is 0 Å². The van der Waals surface area contributed by atoms with Crippen LogP contribution in [-0.4, -0.2) is 42.1 Å². The van der Waals surface area contributed by atoms with Crippen molar-refractivity contribution in [3.8, 4) is 0 Å². The Morgan fingerprint density at radius 3 is 2.30 bits per heavy atom. The van der Waals surface area contributed by atoms with Crippen LogP contribution in [0.4, 0.5) is 0 Å². The van der Waals surface area contributed by atoms with Gasteiger partial charge in [-0.15, -0.1) is 0 Å². The second-order valence-electron chi connectivity index (χ2n) is 10.0. The van der Waals surface area contributed by atoms with Gasteiger partial charge in [0, 0.05) is 11.5 Å². The van der Waals surface area contributed by atoms with Gasteiger partial charge in [0.1, 0.15) is 12.2 Å². The number of nitrogens with zero attached hydrogens (tertiary/aromatic N) is 1. The number of amides is 1. The lowest BCUT2D eigenvalue weighted by Gasteiger charge is -2.30. The highest BCUT2D eigenvalue weighted by molar-refractivity contribution is 5.94. The fourth-order valence-electron chi connectivity index (χ4n) is 3.94. The van der Waals surface area contributed by atoms with Crippen LogP contribution >= 0.6 is 0 Å². The second-order valence-corrected chi connectivity index (χ2v) is 10.0. The van der Waals surface area contributed by atoms with E-state index in [1.807, 2.05) is 13.8 Å². The van der Waals surface area contributed by atoms with E-state index in [1.54, 1.807) is 6.08 Å². The summed E-state index contributed by atoms with van der Waals surface area (Å²) in [6, 6.07) is 10.6. The van der Waals surface area contributed by atoms with Crippen molar-refractivity contribution in [2.45, 2.75) is 65.3 Å². The lowest BCUT2D eigenvalue weighted by molar-refractivity contribution is -0.903. The van der Waals surface area contributed by atoms with Crippen LogP contribution in [0.2, 0.25) is 0 Å². The monoisotopic (exact) mass is 415 g/mol. The number of hydrogen-bond acceptors (Lipinski definition) is 2. The molecular formula is C25H39N2O3+. The summed E-state index contributed by atoms with van der Waals surface area (Å²) in [6.45, 7) is 6.26. The van der Waals surface area contributed by atoms with Gasteiger partial charge in [-0.05, 0) is 37.5 Å². The first-order valence-corrected chi connectivity index (χ1v) is 11.2. The molecule has 1 aromatic carbocycles. The van der Waals surface area contributed by atoms with Gasteiger partial charge in [-0.1, -0.05) is 63.1 Å². The highest BCUT2D eigenvalue weighted by atomic mass is 16.4. The molecule has 0 radical (unpaired) electrons. The fraction of sp³-hybridized carbons (Fsp3) is 0.600. The maximum atomic E-state index is 12.1. The number of carboxylic acids is 1. The Morgan fingerprint density at radius 1 is 1.10 bits per heavy atom. The predicted molar refractivity (Wildman–Crippen MR) is 121 cm³/mol. The van der Waals surface area contributed by atoms with Crippen molar-refractivity contribution in [1.82, 2.24) is 5.32 Å². The SMILES string of the molecule is CC1(C)CC1C(=O)NC(=CCCCCCCC[N+](C)(C)Cc1ccccc1)C(=O)O. The molecule has 5 heteroatoms. The molecule has 1 aromatic rings. The second kappa shape index (κ2) is 10.8. The van der Waals surface area contributed by atoms with Crippen molar-refractivity contribution in [1.29, 1.82) is 0 Å². The lowest BCUT2D eigenvalue weighted by Crippen LogP contribution is -2.39. The van der Waals surface area contributed by atoms with Gasteiger partial charge in [-0.25, -0.2) is 4.79 Å². The van der Waals surface area contributed by atoms with Gasteiger partial charge < -0.3 is 14.9 Å². The van der Waals surface area contributed by atoms with E-state index in [4.69, 9.17) is 0 Å². The number of carbonyl (C=O) groups is 2. The van der Waals surface area contributed by atoms with Crippen molar-refractivity contribution in [3.05, 3.63) is 47.7 Å². The molecule has 5 nitrogen and oxygen atoms in total. The largest absolute Gasteiger partial charge is 0.477 e. The molecule has 1 saturated carbocycles. The number of carboxylic acid groups (broad SMARTS) is 1. The normalized spacial score (nSPS) is 18.1. The van der Waals surface area contributed by atoms with Crippen LogP contribution in [0.3, 0.4) is 0 Å². The van der Waals surface area contributed by atoms with E-state index in [1.165, 1.54) is 18.4 Å². The third-order valence-corrected chi connectivity index (χ3v) is 6.09. The summed E-state index contributed by atoms with van der Waals surface area (Å²) in [4.78, 5) is 23.5. The minimum atomic E-state index is -1.06. The molecule has 166 valence electrons. The van der Waals surface area contributed by atoms with E-state index in [-0.39, 0.29) is 22.9 Å². The maximum absolute atomic E-state index is 12.1. The first-order valence-electron chi connectivity index (χ1n) is 11.2. The molecule has 0 aliphatic heterocycles. The van der Waals surface area contributed by atoms with Crippen molar-refractivity contribution in [2.75, 3.05) is 20.6 Å². The van der Waals surface area contributed by atoms with Crippen LogP contribution in [-0.2, 0) is 16.1 Å². The summed E-state index contributed by atoms with van der Waals surface area (Å²) in [5, 5.41) is 11.9. The Morgan fingerprint density at radius 2 is 1.70 bits per heavy atom. The number of allylic oxidation sites excluding steroid dienone is 1. The minimum absolute atomic E-state index is 0.00206. The van der Waals surface area contributed by atoms with E-state index < -0.39 is 5.97 Å². The van der Waals surface area contributed by atoms with Gasteiger partial charge in [0.15, 0.2) is 0 Å². The van der Waals surface area contributed by atoms with Crippen molar-refractivity contribution in [3.63, 3.8) is 0 Å². The highest BCUT2D eigenvalue weighted by Crippen LogP contribution is 2.51. The molecule has 0 saturated heterocycles. The van der Waals surface area contributed by atoms with Crippen LogP contribution in [0.15, 0.2) is 42.1 Å². The van der Waals surface area contributed by atoms with Gasteiger partial charge in [0.2, 0.25) is 5.91 Å². The Kier molecular flexibility index (Phi) is 8.65. The molecule has 0 heterocycles. The molecule has 0 bridgehead atoms. The number of rotatable bonds is 13. The molecule has 0 spiro atoms. The molecule has 30 heavy (non-hydrogen) atoms. The molecule has 1 aliphatic carbocycles. The molecule has 1 unspecified atom stereocenters. The van der Waals surface area contributed by atoms with Gasteiger partial charge in [0.25, 0.3) is 0 Å². The van der Waals surface area contributed by atoms with E-state index in [2.05, 4.69) is 49.7 Å². The molecule has 1 fully saturated rings. The molecule has 1 atom stereocenters. The Bertz CT molecular complexity index is 738. The number of hydrogen-bond donors (Lipinski definition) is 2. The summed E-state index contributed by atoms with van der Waals surface area (Å²) in [5.74, 6) is -1.28. The van der Waals surface area contributed by atoms with Crippen molar-refractivity contribution < 1.29 is 19.2 Å². The number of carbonyl (C=O) groups excluding carboxylic acids is 1. The standard InChI is InChI=1S/C25H38N2O3/c1-25(2)18-21(25)23(28)26-22(24(29)30)16-12-7-5-6-8-13-17-27(3,4)19-20-14-10-9-11-15-20/h9-11,14-16,21H,5-8,12-13,17-19H2,1-4H3,(H-,26,28,29,30)/p+1. The van der Waals surface area contributed by atoms with Crippen LogP contribution in [0.1, 0.15) is 64.4 Å². The summed E-state index contributed by atoms with van der Waals surface area (Å²) in [7, 11) is 4.56. The quantitative estimate of drug-likeness (QED) is 0.278. The molecule has 1 aliphatic rings. The van der Waals surface area contributed by atoms with Crippen LogP contribution < -0.4 is 5.32 Å². The van der Waals surface area contributed by atoms with Crippen molar-refractivity contribution >= 4 is 11.9 Å². The number of nitrogens with one attached hydrogen (secondary N) is 1. The molecule has 2 rings (SSSR count). The Labute approximate surface area is 181 Å². The van der Waals surface area contributed by atoms with Gasteiger partial charge in [-0.3, -0.25) is 4.79 Å². The van der Waals surface area contributed by atoms with E-state index in [9.17, 15) is 14.7 Å². The topological polar surface area (TPSA) is 66.4 Å². The van der Waals surface area contributed by atoms with Crippen LogP contribution in [0.25, 0.3) is 0 Å². The smallest absolute Gasteiger partial charge is 0.352 e. The first kappa shape index (κ1) is 24.1. The average Bonchev–Trinajstić information content (AvgIpc) is 3.31. The van der Waals surface area contributed by atoms with Gasteiger partial charge >= 0.3 is 5.97 Å². The zero-order valence-corrected chi connectivity index (χ0v) is 19.1. The van der Waals surface area contributed by atoms with E-state index in [0.717, 1.165) is 43.3 Å².